The summed E-state index contributed by atoms with van der Waals surface area (Å²) in [6.45, 7) is 5.90. The molecule has 0 amide bonds. The molecule has 18 heavy (non-hydrogen) atoms. The van der Waals surface area contributed by atoms with Crippen molar-refractivity contribution in [1.82, 2.24) is 0 Å². The molecule has 0 radical (unpaired) electrons. The van der Waals surface area contributed by atoms with Crippen LogP contribution in [0.4, 0.5) is 10.7 Å². The highest BCUT2D eigenvalue weighted by atomic mass is 32.1. The van der Waals surface area contributed by atoms with E-state index < -0.39 is 5.97 Å². The van der Waals surface area contributed by atoms with Gasteiger partial charge in [0.05, 0.1) is 14.2 Å². The highest BCUT2D eigenvalue weighted by Crippen LogP contribution is 2.44. The van der Waals surface area contributed by atoms with Crippen LogP contribution in [0, 0.1) is 0 Å². The van der Waals surface area contributed by atoms with Gasteiger partial charge < -0.3 is 20.1 Å². The lowest BCUT2D eigenvalue weighted by molar-refractivity contribution is 0.0607. The van der Waals surface area contributed by atoms with Crippen LogP contribution < -0.4 is 15.4 Å². The van der Waals surface area contributed by atoms with Crippen molar-refractivity contribution in [1.29, 1.82) is 0 Å². The van der Waals surface area contributed by atoms with Gasteiger partial charge in [0.25, 0.3) is 0 Å². The molecule has 5 nitrogen and oxygen atoms in total. The Morgan fingerprint density at radius 1 is 1.39 bits per heavy atom. The summed E-state index contributed by atoms with van der Waals surface area (Å²) in [4.78, 5) is 14.2. The Labute approximate surface area is 111 Å². The van der Waals surface area contributed by atoms with E-state index in [1.807, 2.05) is 0 Å². The van der Waals surface area contributed by atoms with Gasteiger partial charge in [0.2, 0.25) is 0 Å². The van der Waals surface area contributed by atoms with Gasteiger partial charge in [-0.15, -0.1) is 11.3 Å². The van der Waals surface area contributed by atoms with Crippen molar-refractivity contribution in [3.63, 3.8) is 0 Å². The van der Waals surface area contributed by atoms with Gasteiger partial charge in [-0.25, -0.2) is 4.79 Å². The van der Waals surface area contributed by atoms with Gasteiger partial charge in [-0.1, -0.05) is 6.92 Å². The number of carbonyl (C=O) groups is 1. The van der Waals surface area contributed by atoms with Gasteiger partial charge in [-0.05, 0) is 13.3 Å². The summed E-state index contributed by atoms with van der Waals surface area (Å²) in [5, 5.41) is 0.889. The minimum atomic E-state index is -0.422. The molecule has 0 saturated heterocycles. The summed E-state index contributed by atoms with van der Waals surface area (Å²) >= 11 is 1.32. The molecule has 2 N–H and O–H groups in total. The van der Waals surface area contributed by atoms with Crippen LogP contribution in [0.15, 0.2) is 0 Å². The number of hydrogen-bond acceptors (Lipinski definition) is 6. The molecule has 1 aromatic rings. The first kappa shape index (κ1) is 14.6. The molecule has 0 unspecified atom stereocenters. The number of ether oxygens (including phenoxy) is 2. The molecule has 0 aliphatic rings. The largest absolute Gasteiger partial charge is 0.492 e. The molecule has 0 spiro atoms. The zero-order chi connectivity index (χ0) is 13.7. The van der Waals surface area contributed by atoms with Crippen LogP contribution in [-0.4, -0.2) is 33.3 Å². The Morgan fingerprint density at radius 2 is 2.06 bits per heavy atom. The minimum Gasteiger partial charge on any atom is -0.492 e. The summed E-state index contributed by atoms with van der Waals surface area (Å²) in [7, 11) is 2.90. The second-order valence-electron chi connectivity index (χ2n) is 3.75. The molecule has 0 fully saturated rings. The SMILES string of the molecule is CCCN(CC)c1sc(C(=O)OC)c(N)c1OC. The number of nitrogen functional groups attached to an aromatic ring is 1. The number of nitrogens with zero attached hydrogens (tertiary/aromatic N) is 1. The minimum absolute atomic E-state index is 0.360. The first-order valence-corrected chi connectivity index (χ1v) is 6.71. The van der Waals surface area contributed by atoms with E-state index in [0.717, 1.165) is 24.5 Å². The van der Waals surface area contributed by atoms with Gasteiger partial charge in [-0.2, -0.15) is 0 Å². The predicted octanol–water partition coefficient (Wildman–Crippen LogP) is 2.36. The zero-order valence-corrected chi connectivity index (χ0v) is 12.1. The summed E-state index contributed by atoms with van der Waals surface area (Å²) in [6, 6.07) is 0. The van der Waals surface area contributed by atoms with Crippen LogP contribution in [0.25, 0.3) is 0 Å². The van der Waals surface area contributed by atoms with Crippen LogP contribution in [0.3, 0.4) is 0 Å². The van der Waals surface area contributed by atoms with Crippen LogP contribution in [0.2, 0.25) is 0 Å². The fourth-order valence-corrected chi connectivity index (χ4v) is 2.94. The smallest absolute Gasteiger partial charge is 0.350 e. The van der Waals surface area contributed by atoms with Crippen LogP contribution in [0.5, 0.6) is 5.75 Å². The number of esters is 1. The van der Waals surface area contributed by atoms with Gasteiger partial charge in [-0.3, -0.25) is 0 Å². The summed E-state index contributed by atoms with van der Waals surface area (Å²) in [6.07, 6.45) is 1.02. The standard InChI is InChI=1S/C12H20N2O3S/c1-5-7-14(6-2)11-9(16-3)8(13)10(18-11)12(15)17-4/h5-7,13H2,1-4H3. The maximum atomic E-state index is 11.6. The Balaban J connectivity index is 3.22. The Hall–Kier alpha value is -1.43. The molecule has 0 saturated carbocycles. The molecule has 6 heteroatoms. The number of carbonyl (C=O) groups excluding carboxylic acids is 1. The van der Waals surface area contributed by atoms with E-state index in [1.165, 1.54) is 18.4 Å². The molecular formula is C12H20N2O3S. The normalized spacial score (nSPS) is 10.2. The van der Waals surface area contributed by atoms with E-state index in [0.29, 0.717) is 16.3 Å². The third-order valence-corrected chi connectivity index (χ3v) is 3.85. The van der Waals surface area contributed by atoms with Crippen LogP contribution in [-0.2, 0) is 4.74 Å². The lowest BCUT2D eigenvalue weighted by Crippen LogP contribution is -2.22. The summed E-state index contributed by atoms with van der Waals surface area (Å²) in [5.74, 6) is 0.144. The van der Waals surface area contributed by atoms with E-state index in [2.05, 4.69) is 18.7 Å². The second-order valence-corrected chi connectivity index (χ2v) is 4.75. The Morgan fingerprint density at radius 3 is 2.50 bits per heavy atom. The Bertz CT molecular complexity index is 418. The molecule has 0 atom stereocenters. The van der Waals surface area contributed by atoms with Crippen molar-refractivity contribution in [3.8, 4) is 5.75 Å². The number of anilines is 2. The van der Waals surface area contributed by atoms with E-state index >= 15 is 0 Å². The van der Waals surface area contributed by atoms with Crippen molar-refractivity contribution in [2.75, 3.05) is 37.9 Å². The van der Waals surface area contributed by atoms with Crippen molar-refractivity contribution in [2.45, 2.75) is 20.3 Å². The maximum absolute atomic E-state index is 11.6. The molecule has 0 bridgehead atoms. The first-order valence-electron chi connectivity index (χ1n) is 5.90. The third kappa shape index (κ3) is 2.69. The monoisotopic (exact) mass is 272 g/mol. The van der Waals surface area contributed by atoms with Crippen molar-refractivity contribution < 1.29 is 14.3 Å². The average molecular weight is 272 g/mol. The van der Waals surface area contributed by atoms with Gasteiger partial charge >= 0.3 is 5.97 Å². The lowest BCUT2D eigenvalue weighted by Gasteiger charge is -2.21. The summed E-state index contributed by atoms with van der Waals surface area (Å²) in [5.41, 5.74) is 6.30. The molecule has 0 aromatic carbocycles. The number of rotatable bonds is 6. The highest BCUT2D eigenvalue weighted by molar-refractivity contribution is 7.19. The quantitative estimate of drug-likeness (QED) is 0.805. The van der Waals surface area contributed by atoms with Gasteiger partial charge in [0.1, 0.15) is 15.6 Å². The molecule has 1 rings (SSSR count). The molecule has 102 valence electrons. The fourth-order valence-electron chi connectivity index (χ4n) is 1.74. The van der Waals surface area contributed by atoms with Crippen molar-refractivity contribution >= 4 is 28.0 Å². The van der Waals surface area contributed by atoms with Crippen LogP contribution >= 0.6 is 11.3 Å². The molecule has 0 aliphatic heterocycles. The Kier molecular flexibility index (Phi) is 5.27. The number of hydrogen-bond donors (Lipinski definition) is 1. The van der Waals surface area contributed by atoms with Gasteiger partial charge in [0, 0.05) is 13.1 Å². The molecule has 1 heterocycles. The van der Waals surface area contributed by atoms with Crippen molar-refractivity contribution in [3.05, 3.63) is 4.88 Å². The maximum Gasteiger partial charge on any atom is 0.350 e. The molecule has 0 aliphatic carbocycles. The van der Waals surface area contributed by atoms with E-state index in [9.17, 15) is 4.79 Å². The zero-order valence-electron chi connectivity index (χ0n) is 11.3. The van der Waals surface area contributed by atoms with E-state index in [1.54, 1.807) is 7.11 Å². The molecule has 1 aromatic heterocycles. The first-order chi connectivity index (χ1) is 8.60. The number of nitrogens with two attached hydrogens (primary N) is 1. The topological polar surface area (TPSA) is 64.8 Å². The summed E-state index contributed by atoms with van der Waals surface area (Å²) < 4.78 is 10.0. The molecular weight excluding hydrogens is 252 g/mol. The van der Waals surface area contributed by atoms with Crippen molar-refractivity contribution in [2.24, 2.45) is 0 Å². The van der Waals surface area contributed by atoms with E-state index in [-0.39, 0.29) is 0 Å². The number of thiophene rings is 1. The fraction of sp³-hybridized carbons (Fsp3) is 0.583. The highest BCUT2D eigenvalue weighted by Gasteiger charge is 2.24. The average Bonchev–Trinajstić information content (AvgIpc) is 2.71. The third-order valence-electron chi connectivity index (χ3n) is 2.62. The lowest BCUT2D eigenvalue weighted by atomic mass is 10.3. The predicted molar refractivity (Wildman–Crippen MR) is 74.8 cm³/mol. The van der Waals surface area contributed by atoms with E-state index in [4.69, 9.17) is 15.2 Å². The number of methoxy groups -OCH3 is 2. The van der Waals surface area contributed by atoms with Gasteiger partial charge in [0.15, 0.2) is 5.75 Å². The second kappa shape index (κ2) is 6.49. The van der Waals surface area contributed by atoms with Crippen LogP contribution in [0.1, 0.15) is 29.9 Å².